The van der Waals surface area contributed by atoms with Crippen LogP contribution in [-0.4, -0.2) is 19.5 Å². The van der Waals surface area contributed by atoms with Crippen molar-refractivity contribution in [3.63, 3.8) is 0 Å². The monoisotopic (exact) mass is 872 g/mol. The summed E-state index contributed by atoms with van der Waals surface area (Å²) in [5, 5.41) is 9.19. The third kappa shape index (κ3) is 6.11. The van der Waals surface area contributed by atoms with E-state index in [2.05, 4.69) is 205 Å². The highest BCUT2D eigenvalue weighted by Gasteiger charge is 2.23. The van der Waals surface area contributed by atoms with Crippen LogP contribution in [0.25, 0.3) is 137 Å². The van der Waals surface area contributed by atoms with Crippen molar-refractivity contribution >= 4 is 86.0 Å². The Kier molecular flexibility index (Phi) is 8.38. The van der Waals surface area contributed by atoms with Gasteiger partial charge in [-0.3, -0.25) is 0 Å². The van der Waals surface area contributed by atoms with E-state index in [4.69, 9.17) is 19.4 Å². The number of thiophene rings is 1. The molecule has 0 unspecified atom stereocenters. The van der Waals surface area contributed by atoms with Gasteiger partial charge in [0.1, 0.15) is 11.2 Å². The molecule has 14 aromatic rings. The highest BCUT2D eigenvalue weighted by molar-refractivity contribution is 7.25. The van der Waals surface area contributed by atoms with E-state index in [9.17, 15) is 0 Å². The number of fused-ring (bicyclic) bond motifs is 10. The van der Waals surface area contributed by atoms with Crippen molar-refractivity contribution in [2.75, 3.05) is 0 Å². The summed E-state index contributed by atoms with van der Waals surface area (Å²) in [7, 11) is 0. The second-order valence-electron chi connectivity index (χ2n) is 17.1. The van der Waals surface area contributed by atoms with Gasteiger partial charge in [0.25, 0.3) is 0 Å². The second-order valence-corrected chi connectivity index (χ2v) is 18.2. The number of rotatable bonds is 6. The highest BCUT2D eigenvalue weighted by Crippen LogP contribution is 2.44. The summed E-state index contributed by atoms with van der Waals surface area (Å²) in [5.41, 5.74) is 12.1. The minimum atomic E-state index is 0.579. The lowest BCUT2D eigenvalue weighted by Crippen LogP contribution is -2.00. The van der Waals surface area contributed by atoms with Crippen LogP contribution in [0.15, 0.2) is 223 Å². The molecule has 0 saturated heterocycles. The van der Waals surface area contributed by atoms with Crippen LogP contribution in [0.5, 0.6) is 0 Å². The molecule has 0 fully saturated rings. The number of hydrogen-bond donors (Lipinski definition) is 0. The molecule has 312 valence electrons. The van der Waals surface area contributed by atoms with Gasteiger partial charge in [-0.05, 0) is 82.1 Å². The van der Waals surface area contributed by atoms with Crippen molar-refractivity contribution in [3.05, 3.63) is 218 Å². The van der Waals surface area contributed by atoms with Gasteiger partial charge in [-0.25, -0.2) is 15.0 Å². The summed E-state index contributed by atoms with van der Waals surface area (Å²) >= 11 is 1.80. The number of aromatic nitrogens is 4. The summed E-state index contributed by atoms with van der Waals surface area (Å²) in [6.07, 6.45) is 0. The molecule has 6 heteroatoms. The summed E-state index contributed by atoms with van der Waals surface area (Å²) < 4.78 is 11.8. The fraction of sp³-hybridized carbons (Fsp3) is 0. The third-order valence-corrected chi connectivity index (χ3v) is 14.4. The van der Waals surface area contributed by atoms with Crippen LogP contribution in [0, 0.1) is 0 Å². The van der Waals surface area contributed by atoms with E-state index in [1.807, 2.05) is 18.2 Å². The first kappa shape index (κ1) is 37.6. The third-order valence-electron chi connectivity index (χ3n) is 13.2. The quantitative estimate of drug-likeness (QED) is 0.167. The van der Waals surface area contributed by atoms with Crippen LogP contribution in [-0.2, 0) is 0 Å². The number of benzene rings is 10. The minimum Gasteiger partial charge on any atom is -0.456 e. The average molecular weight is 873 g/mol. The van der Waals surface area contributed by atoms with Gasteiger partial charge < -0.3 is 8.98 Å². The molecular weight excluding hydrogens is 837 g/mol. The van der Waals surface area contributed by atoms with E-state index < -0.39 is 0 Å². The van der Waals surface area contributed by atoms with Crippen molar-refractivity contribution in [1.82, 2.24) is 19.5 Å². The molecule has 0 saturated carbocycles. The molecule has 14 rings (SSSR count). The standard InChI is InChI=1S/C61H36N4OS/c1-3-14-37(15-4-1)38-26-28-40(29-27-38)59-62-60(43-30-31-57-49(33-43)45-21-10-12-25-56(45)67-57)64-61(63-59)46-22-13-24-54-58(46)50-35-47(39-16-5-2-6-17-39)53(36-55(50)66-54)65-51-23-11-9-20-44(51)48-32-41-18-7-8-19-42(41)34-52(48)65/h1-36H. The van der Waals surface area contributed by atoms with Crippen LogP contribution in [0.3, 0.4) is 0 Å². The maximum Gasteiger partial charge on any atom is 0.164 e. The van der Waals surface area contributed by atoms with Gasteiger partial charge in [0, 0.05) is 70.0 Å². The van der Waals surface area contributed by atoms with Crippen LogP contribution >= 0.6 is 11.3 Å². The molecule has 0 atom stereocenters. The fourth-order valence-corrected chi connectivity index (χ4v) is 11.1. The molecule has 10 aromatic carbocycles. The summed E-state index contributed by atoms with van der Waals surface area (Å²) in [4.78, 5) is 15.9. The van der Waals surface area contributed by atoms with Crippen LogP contribution in [0.1, 0.15) is 0 Å². The molecule has 0 aliphatic carbocycles. The number of hydrogen-bond acceptors (Lipinski definition) is 5. The van der Waals surface area contributed by atoms with Gasteiger partial charge in [0.2, 0.25) is 0 Å². The van der Waals surface area contributed by atoms with E-state index in [0.717, 1.165) is 77.6 Å². The Morgan fingerprint density at radius 3 is 1.79 bits per heavy atom. The fourth-order valence-electron chi connectivity index (χ4n) is 10.1. The van der Waals surface area contributed by atoms with E-state index in [1.165, 1.54) is 41.7 Å². The van der Waals surface area contributed by atoms with Gasteiger partial charge in [0.05, 0.1) is 16.7 Å². The van der Waals surface area contributed by atoms with Crippen LogP contribution in [0.2, 0.25) is 0 Å². The molecule has 4 aromatic heterocycles. The summed E-state index contributed by atoms with van der Waals surface area (Å²) in [6.45, 7) is 0. The lowest BCUT2D eigenvalue weighted by Gasteiger charge is -2.15. The Morgan fingerprint density at radius 2 is 0.970 bits per heavy atom. The lowest BCUT2D eigenvalue weighted by atomic mass is 9.98. The zero-order chi connectivity index (χ0) is 44.0. The topological polar surface area (TPSA) is 56.7 Å². The molecule has 0 aliphatic heterocycles. The largest absolute Gasteiger partial charge is 0.456 e. The second kappa shape index (κ2) is 14.9. The van der Waals surface area contributed by atoms with Gasteiger partial charge in [-0.2, -0.15) is 0 Å². The Hall–Kier alpha value is -8.71. The van der Waals surface area contributed by atoms with E-state index in [1.54, 1.807) is 11.3 Å². The normalized spacial score (nSPS) is 11.9. The maximum atomic E-state index is 6.92. The van der Waals surface area contributed by atoms with E-state index in [-0.39, 0.29) is 0 Å². The molecule has 0 bridgehead atoms. The minimum absolute atomic E-state index is 0.579. The van der Waals surface area contributed by atoms with Gasteiger partial charge in [-0.15, -0.1) is 11.3 Å². The number of para-hydroxylation sites is 1. The zero-order valence-corrected chi connectivity index (χ0v) is 36.7. The highest BCUT2D eigenvalue weighted by atomic mass is 32.1. The van der Waals surface area contributed by atoms with Crippen molar-refractivity contribution in [2.45, 2.75) is 0 Å². The van der Waals surface area contributed by atoms with Crippen LogP contribution in [0.4, 0.5) is 0 Å². The number of nitrogens with zero attached hydrogens (tertiary/aromatic N) is 4. The first-order valence-corrected chi connectivity index (χ1v) is 23.3. The molecular formula is C61H36N4OS. The molecule has 67 heavy (non-hydrogen) atoms. The summed E-state index contributed by atoms with van der Waals surface area (Å²) in [5.74, 6) is 1.79. The average Bonchev–Trinajstić information content (AvgIpc) is 4.06. The lowest BCUT2D eigenvalue weighted by molar-refractivity contribution is 0.668. The molecule has 0 N–H and O–H groups in total. The smallest absolute Gasteiger partial charge is 0.164 e. The first-order valence-electron chi connectivity index (χ1n) is 22.5. The Labute approximate surface area is 388 Å². The SMILES string of the molecule is c1ccc(-c2ccc(-c3nc(-c4ccc5sc6ccccc6c5c4)nc(-c4cccc5oc6cc(-n7c8ccccc8c8cc9ccccc9cc87)c(-c7ccccc7)cc6c45)n3)cc2)cc1. The van der Waals surface area contributed by atoms with E-state index in [0.29, 0.717) is 17.5 Å². The molecule has 0 aliphatic rings. The molecule has 0 amide bonds. The zero-order valence-electron chi connectivity index (χ0n) is 35.9. The van der Waals surface area contributed by atoms with Gasteiger partial charge >= 0.3 is 0 Å². The van der Waals surface area contributed by atoms with Gasteiger partial charge in [-0.1, -0.05) is 158 Å². The predicted octanol–water partition coefficient (Wildman–Crippen LogP) is 16.7. The van der Waals surface area contributed by atoms with Crippen molar-refractivity contribution in [3.8, 4) is 62.1 Å². The molecule has 0 radical (unpaired) electrons. The Bertz CT molecular complexity index is 4260. The maximum absolute atomic E-state index is 6.92. The summed E-state index contributed by atoms with van der Waals surface area (Å²) in [6, 6.07) is 77.5. The van der Waals surface area contributed by atoms with Crippen molar-refractivity contribution in [2.24, 2.45) is 0 Å². The molecule has 5 nitrogen and oxygen atoms in total. The number of furan rings is 1. The molecule has 0 spiro atoms. The Balaban J connectivity index is 1.01. The van der Waals surface area contributed by atoms with Crippen molar-refractivity contribution in [1.29, 1.82) is 0 Å². The predicted molar refractivity (Wildman–Crippen MR) is 279 cm³/mol. The first-order chi connectivity index (χ1) is 33.2. The van der Waals surface area contributed by atoms with Crippen molar-refractivity contribution < 1.29 is 4.42 Å². The van der Waals surface area contributed by atoms with Crippen LogP contribution < -0.4 is 0 Å². The molecule has 4 heterocycles. The van der Waals surface area contributed by atoms with Gasteiger partial charge in [0.15, 0.2) is 17.5 Å². The Morgan fingerprint density at radius 1 is 0.343 bits per heavy atom. The van der Waals surface area contributed by atoms with E-state index >= 15 is 0 Å².